The monoisotopic (exact) mass is 608 g/mol. The Morgan fingerprint density at radius 1 is 0.886 bits per heavy atom. The summed E-state index contributed by atoms with van der Waals surface area (Å²) in [5.74, 6) is -0.124. The van der Waals surface area contributed by atoms with Crippen molar-refractivity contribution < 1.29 is 13.2 Å². The molecule has 0 spiro atoms. The first-order valence-electron chi connectivity index (χ1n) is 15.8. The summed E-state index contributed by atoms with van der Waals surface area (Å²) in [7, 11) is -3.78. The number of para-hydroxylation sites is 1. The SMILES string of the molecule is Cc1ccc(S(=O)(=O)N2CCn3cccc3C2CC(=O)NC2CCCc3cc(CN4CCCc5ccccc54)ccc32)cc1. The van der Waals surface area contributed by atoms with Crippen LogP contribution in [-0.2, 0) is 40.7 Å². The average molecular weight is 609 g/mol. The molecule has 0 fully saturated rings. The molecule has 3 aromatic carbocycles. The fraction of sp³-hybridized carbons (Fsp3) is 0.361. The maximum Gasteiger partial charge on any atom is 0.243 e. The summed E-state index contributed by atoms with van der Waals surface area (Å²) in [5, 5.41) is 3.30. The zero-order valence-electron chi connectivity index (χ0n) is 25.3. The van der Waals surface area contributed by atoms with Crippen LogP contribution >= 0.6 is 0 Å². The van der Waals surface area contributed by atoms with Crippen molar-refractivity contribution in [2.45, 2.75) is 75.5 Å². The molecule has 2 atom stereocenters. The van der Waals surface area contributed by atoms with Crippen LogP contribution in [0.2, 0.25) is 0 Å². The second-order valence-corrected chi connectivity index (χ2v) is 14.4. The van der Waals surface area contributed by atoms with Crippen molar-refractivity contribution in [1.29, 1.82) is 0 Å². The molecule has 2 aliphatic heterocycles. The second-order valence-electron chi connectivity index (χ2n) is 12.5. The van der Waals surface area contributed by atoms with Gasteiger partial charge in [-0.1, -0.05) is 54.1 Å². The Balaban J connectivity index is 1.08. The van der Waals surface area contributed by atoms with E-state index in [2.05, 4.69) is 57.2 Å². The first-order valence-corrected chi connectivity index (χ1v) is 17.3. The molecular formula is C36H40N4O3S. The van der Waals surface area contributed by atoms with Gasteiger partial charge in [0.25, 0.3) is 0 Å². The summed E-state index contributed by atoms with van der Waals surface area (Å²) in [6.07, 6.45) is 7.25. The van der Waals surface area contributed by atoms with Crippen molar-refractivity contribution >= 4 is 21.6 Å². The smallest absolute Gasteiger partial charge is 0.243 e. The molecule has 0 saturated carbocycles. The number of nitrogens with zero attached hydrogens (tertiary/aromatic N) is 3. The summed E-state index contributed by atoms with van der Waals surface area (Å²) in [6.45, 7) is 4.77. The van der Waals surface area contributed by atoms with E-state index in [0.29, 0.717) is 13.1 Å². The van der Waals surface area contributed by atoms with Crippen molar-refractivity contribution in [1.82, 2.24) is 14.2 Å². The van der Waals surface area contributed by atoms with Crippen molar-refractivity contribution in [3.63, 3.8) is 0 Å². The minimum Gasteiger partial charge on any atom is -0.367 e. The lowest BCUT2D eigenvalue weighted by molar-refractivity contribution is -0.123. The van der Waals surface area contributed by atoms with Gasteiger partial charge in [0.2, 0.25) is 15.9 Å². The Hall–Kier alpha value is -3.88. The number of carbonyl (C=O) groups excluding carboxylic acids is 1. The van der Waals surface area contributed by atoms with Crippen LogP contribution in [0, 0.1) is 6.92 Å². The topological polar surface area (TPSA) is 74.6 Å². The minimum atomic E-state index is -3.78. The highest BCUT2D eigenvalue weighted by Gasteiger charge is 2.38. The summed E-state index contributed by atoms with van der Waals surface area (Å²) in [6, 6.07) is 25.6. The molecule has 0 saturated heterocycles. The van der Waals surface area contributed by atoms with Gasteiger partial charge < -0.3 is 14.8 Å². The molecule has 7 nitrogen and oxygen atoms in total. The molecule has 228 valence electrons. The number of hydrogen-bond donors (Lipinski definition) is 1. The quantitative estimate of drug-likeness (QED) is 0.276. The van der Waals surface area contributed by atoms with Crippen molar-refractivity contribution in [2.24, 2.45) is 0 Å². The number of sulfonamides is 1. The lowest BCUT2D eigenvalue weighted by Gasteiger charge is -2.36. The Bertz CT molecular complexity index is 1780. The third-order valence-electron chi connectivity index (χ3n) is 9.56. The number of fused-ring (bicyclic) bond motifs is 3. The van der Waals surface area contributed by atoms with Gasteiger partial charge in [0.1, 0.15) is 0 Å². The maximum atomic E-state index is 13.8. The van der Waals surface area contributed by atoms with Crippen LogP contribution in [0.3, 0.4) is 0 Å². The van der Waals surface area contributed by atoms with Crippen molar-refractivity contribution in [2.75, 3.05) is 18.0 Å². The number of hydrogen-bond acceptors (Lipinski definition) is 4. The van der Waals surface area contributed by atoms with Gasteiger partial charge in [0.15, 0.2) is 0 Å². The van der Waals surface area contributed by atoms with E-state index in [4.69, 9.17) is 0 Å². The lowest BCUT2D eigenvalue weighted by Crippen LogP contribution is -2.44. The van der Waals surface area contributed by atoms with Gasteiger partial charge in [0, 0.05) is 50.2 Å². The molecule has 2 unspecified atom stereocenters. The predicted octanol–water partition coefficient (Wildman–Crippen LogP) is 6.08. The van der Waals surface area contributed by atoms with E-state index < -0.39 is 16.1 Å². The largest absolute Gasteiger partial charge is 0.367 e. The third-order valence-corrected chi connectivity index (χ3v) is 11.5. The Morgan fingerprint density at radius 2 is 1.70 bits per heavy atom. The molecule has 0 bridgehead atoms. The number of nitrogens with one attached hydrogen (secondary N) is 1. The van der Waals surface area contributed by atoms with Crippen LogP contribution in [0.25, 0.3) is 0 Å². The van der Waals surface area contributed by atoms with Gasteiger partial charge in [-0.2, -0.15) is 4.31 Å². The molecule has 1 N–H and O–H groups in total. The van der Waals surface area contributed by atoms with Gasteiger partial charge >= 0.3 is 0 Å². The summed E-state index contributed by atoms with van der Waals surface area (Å²) < 4.78 is 31.2. The van der Waals surface area contributed by atoms with Gasteiger partial charge in [-0.3, -0.25) is 4.79 Å². The van der Waals surface area contributed by atoms with Gasteiger partial charge in [-0.15, -0.1) is 0 Å². The molecule has 44 heavy (non-hydrogen) atoms. The Kier molecular flexibility index (Phi) is 7.81. The second kappa shape index (κ2) is 11.9. The molecule has 3 heterocycles. The number of aromatic nitrogens is 1. The van der Waals surface area contributed by atoms with Gasteiger partial charge in [0.05, 0.1) is 17.0 Å². The zero-order valence-corrected chi connectivity index (χ0v) is 26.1. The van der Waals surface area contributed by atoms with Crippen LogP contribution in [0.1, 0.15) is 71.3 Å². The van der Waals surface area contributed by atoms with Crippen LogP contribution in [0.15, 0.2) is 90.0 Å². The Labute approximate surface area is 260 Å². The van der Waals surface area contributed by atoms with Crippen LogP contribution < -0.4 is 10.2 Å². The normalized spacial score (nSPS) is 20.0. The molecular weight excluding hydrogens is 568 g/mol. The van der Waals surface area contributed by atoms with Crippen molar-refractivity contribution in [3.8, 4) is 0 Å². The molecule has 0 radical (unpaired) electrons. The van der Waals surface area contributed by atoms with E-state index in [0.717, 1.165) is 50.0 Å². The van der Waals surface area contributed by atoms with E-state index in [-0.39, 0.29) is 23.3 Å². The van der Waals surface area contributed by atoms with Gasteiger partial charge in [-0.05, 0) is 91.6 Å². The maximum absolute atomic E-state index is 13.8. The number of benzene rings is 3. The van der Waals surface area contributed by atoms with Crippen LogP contribution in [0.5, 0.6) is 0 Å². The van der Waals surface area contributed by atoms with Crippen LogP contribution in [0.4, 0.5) is 5.69 Å². The lowest BCUT2D eigenvalue weighted by atomic mass is 9.86. The highest BCUT2D eigenvalue weighted by Crippen LogP contribution is 2.36. The fourth-order valence-corrected chi connectivity index (χ4v) is 8.91. The van der Waals surface area contributed by atoms with E-state index in [1.165, 1.54) is 38.7 Å². The Morgan fingerprint density at radius 3 is 2.57 bits per heavy atom. The predicted molar refractivity (Wildman–Crippen MR) is 173 cm³/mol. The first kappa shape index (κ1) is 28.9. The summed E-state index contributed by atoms with van der Waals surface area (Å²) >= 11 is 0. The van der Waals surface area contributed by atoms with E-state index in [9.17, 15) is 13.2 Å². The van der Waals surface area contributed by atoms with E-state index >= 15 is 0 Å². The van der Waals surface area contributed by atoms with Crippen LogP contribution in [-0.4, -0.2) is 36.3 Å². The molecule has 4 aromatic rings. The number of aryl methyl sites for hydroxylation is 3. The number of amides is 1. The minimum absolute atomic E-state index is 0.0754. The van der Waals surface area contributed by atoms with E-state index in [1.54, 1.807) is 12.1 Å². The molecule has 1 aromatic heterocycles. The van der Waals surface area contributed by atoms with Gasteiger partial charge in [-0.25, -0.2) is 8.42 Å². The third kappa shape index (κ3) is 5.57. The summed E-state index contributed by atoms with van der Waals surface area (Å²) in [4.78, 5) is 16.4. The first-order chi connectivity index (χ1) is 21.4. The average Bonchev–Trinajstić information content (AvgIpc) is 3.51. The molecule has 3 aliphatic rings. The highest BCUT2D eigenvalue weighted by molar-refractivity contribution is 7.89. The fourth-order valence-electron chi connectivity index (χ4n) is 7.32. The number of carbonyl (C=O) groups is 1. The number of rotatable bonds is 7. The number of anilines is 1. The molecule has 7 rings (SSSR count). The molecule has 1 amide bonds. The zero-order chi connectivity index (χ0) is 30.3. The van der Waals surface area contributed by atoms with Crippen molar-refractivity contribution in [3.05, 3.63) is 119 Å². The standard InChI is InChI=1S/C36H40N4O3S/c1-26-13-16-30(17-14-26)44(42,43)40-22-21-38-19-6-12-34(38)35(40)24-36(41)37-32-10-4-8-29-23-27(15-18-31(29)32)25-39-20-5-9-28-7-2-3-11-33(28)39/h2-3,6-7,11-19,23,32,35H,4-5,8-10,20-22,24-25H2,1H3,(H,37,41). The summed E-state index contributed by atoms with van der Waals surface area (Å²) in [5.41, 5.74) is 8.42. The highest BCUT2D eigenvalue weighted by atomic mass is 32.2. The van der Waals surface area contributed by atoms with E-state index in [1.807, 2.05) is 37.4 Å². The molecule has 8 heteroatoms. The molecule has 1 aliphatic carbocycles.